The number of anilines is 1. The fourth-order valence-corrected chi connectivity index (χ4v) is 2.72. The molecule has 1 unspecified atom stereocenters. The van der Waals surface area contributed by atoms with Gasteiger partial charge in [0.2, 0.25) is 5.91 Å². The lowest BCUT2D eigenvalue weighted by atomic mass is 10.1. The van der Waals surface area contributed by atoms with Crippen molar-refractivity contribution in [1.82, 2.24) is 29.6 Å². The number of morpholine rings is 1. The molecule has 0 saturated carbocycles. The van der Waals surface area contributed by atoms with E-state index in [1.54, 1.807) is 30.5 Å². The van der Waals surface area contributed by atoms with E-state index in [4.69, 9.17) is 4.74 Å². The molecule has 1 saturated heterocycles. The number of aromatic nitrogens is 5. The number of aryl methyl sites for hydroxylation is 1. The van der Waals surface area contributed by atoms with Crippen LogP contribution in [0.1, 0.15) is 24.6 Å². The van der Waals surface area contributed by atoms with Gasteiger partial charge in [0.1, 0.15) is 30.3 Å². The summed E-state index contributed by atoms with van der Waals surface area (Å²) >= 11 is 0. The minimum Gasteiger partial charge on any atom is -0.372 e. The van der Waals surface area contributed by atoms with E-state index in [2.05, 4.69) is 25.4 Å². The van der Waals surface area contributed by atoms with E-state index in [1.807, 2.05) is 4.90 Å². The summed E-state index contributed by atoms with van der Waals surface area (Å²) in [4.78, 5) is 26.8. The van der Waals surface area contributed by atoms with E-state index in [9.17, 15) is 4.79 Å². The molecule has 1 amide bonds. The number of ether oxygens (including phenoxy) is 1. The molecule has 0 aliphatic carbocycles. The molecule has 0 bridgehead atoms. The monoisotopic (exact) mass is 331 g/mol. The number of carbonyl (C=O) groups is 1. The van der Waals surface area contributed by atoms with Crippen LogP contribution in [-0.2, 0) is 16.1 Å². The van der Waals surface area contributed by atoms with Crippen molar-refractivity contribution in [2.75, 3.05) is 32.1 Å². The number of carbonyl (C=O) groups excluding carboxylic acids is 1. The van der Waals surface area contributed by atoms with Crippen LogP contribution in [-0.4, -0.2) is 62.3 Å². The van der Waals surface area contributed by atoms with Gasteiger partial charge in [-0.2, -0.15) is 5.10 Å². The highest BCUT2D eigenvalue weighted by Gasteiger charge is 2.27. The van der Waals surface area contributed by atoms with Gasteiger partial charge in [0.05, 0.1) is 13.2 Å². The second kappa shape index (κ2) is 7.82. The van der Waals surface area contributed by atoms with Crippen LogP contribution < -0.4 is 5.32 Å². The Balaban J connectivity index is 1.55. The summed E-state index contributed by atoms with van der Waals surface area (Å²) in [5.41, 5.74) is 0.736. The zero-order chi connectivity index (χ0) is 16.8. The minimum atomic E-state index is -0.255. The Morgan fingerprint density at radius 1 is 1.42 bits per heavy atom. The third-order valence-electron chi connectivity index (χ3n) is 3.93. The van der Waals surface area contributed by atoms with E-state index in [0.717, 1.165) is 12.1 Å². The first-order valence-electron chi connectivity index (χ1n) is 7.98. The molecule has 1 fully saturated rings. The molecule has 0 spiro atoms. The first-order chi connectivity index (χ1) is 11.8. The number of rotatable bonds is 6. The maximum Gasteiger partial charge on any atom is 0.222 e. The number of hydrogen-bond donors (Lipinski definition) is 1. The van der Waals surface area contributed by atoms with Crippen molar-refractivity contribution < 1.29 is 9.53 Å². The molecule has 0 radical (unpaired) electrons. The smallest absolute Gasteiger partial charge is 0.222 e. The Bertz CT molecular complexity index is 662. The van der Waals surface area contributed by atoms with Crippen LogP contribution in [0.4, 0.5) is 5.82 Å². The summed E-state index contributed by atoms with van der Waals surface area (Å²) in [6.07, 6.45) is 7.37. The first kappa shape index (κ1) is 16.3. The second-order valence-corrected chi connectivity index (χ2v) is 5.50. The maximum absolute atomic E-state index is 12.4. The number of amides is 1. The topological polar surface area (TPSA) is 98.1 Å². The Morgan fingerprint density at radius 2 is 2.29 bits per heavy atom. The van der Waals surface area contributed by atoms with Gasteiger partial charge in [-0.1, -0.05) is 0 Å². The van der Waals surface area contributed by atoms with Crippen molar-refractivity contribution in [3.8, 4) is 0 Å². The van der Waals surface area contributed by atoms with E-state index in [1.165, 1.54) is 6.33 Å². The molecule has 3 rings (SSSR count). The van der Waals surface area contributed by atoms with Gasteiger partial charge >= 0.3 is 0 Å². The van der Waals surface area contributed by atoms with Gasteiger partial charge in [-0.25, -0.2) is 9.97 Å². The van der Waals surface area contributed by atoms with Crippen molar-refractivity contribution in [3.05, 3.63) is 30.7 Å². The molecule has 1 N–H and O–H groups in total. The summed E-state index contributed by atoms with van der Waals surface area (Å²) in [5.74, 6) is 0.807. The van der Waals surface area contributed by atoms with Gasteiger partial charge in [0.25, 0.3) is 0 Å². The van der Waals surface area contributed by atoms with Crippen molar-refractivity contribution in [2.24, 2.45) is 0 Å². The van der Waals surface area contributed by atoms with Crippen molar-refractivity contribution in [3.63, 3.8) is 0 Å². The molecule has 1 aliphatic heterocycles. The summed E-state index contributed by atoms with van der Waals surface area (Å²) in [6.45, 7) is 2.29. The number of hydrogen-bond acceptors (Lipinski definition) is 7. The predicted octanol–water partition coefficient (Wildman–Crippen LogP) is 0.490. The molecule has 128 valence electrons. The lowest BCUT2D eigenvalue weighted by molar-refractivity contribution is -0.139. The van der Waals surface area contributed by atoms with Gasteiger partial charge in [0, 0.05) is 39.0 Å². The molecule has 2 aromatic rings. The Morgan fingerprint density at radius 3 is 3.08 bits per heavy atom. The Labute approximate surface area is 140 Å². The highest BCUT2D eigenvalue weighted by molar-refractivity contribution is 5.76. The minimum absolute atomic E-state index is 0.123. The van der Waals surface area contributed by atoms with Gasteiger partial charge in [-0.05, 0) is 6.42 Å². The molecule has 1 atom stereocenters. The van der Waals surface area contributed by atoms with Crippen LogP contribution in [0.5, 0.6) is 0 Å². The number of nitrogens with zero attached hydrogens (tertiary/aromatic N) is 6. The molecular weight excluding hydrogens is 310 g/mol. The predicted molar refractivity (Wildman–Crippen MR) is 86.1 cm³/mol. The summed E-state index contributed by atoms with van der Waals surface area (Å²) in [5, 5.41) is 7.05. The second-order valence-electron chi connectivity index (χ2n) is 5.50. The third kappa shape index (κ3) is 3.85. The van der Waals surface area contributed by atoms with Crippen molar-refractivity contribution in [1.29, 1.82) is 0 Å². The van der Waals surface area contributed by atoms with Crippen LogP contribution >= 0.6 is 0 Å². The van der Waals surface area contributed by atoms with E-state index in [-0.39, 0.29) is 12.0 Å². The maximum atomic E-state index is 12.4. The standard InChI is InChI=1S/C15H21N7O2/c1-16-15-14(18-4-5-19-15)12-9-21(7-8-24-12)13(23)3-2-6-22-11-17-10-20-22/h4-5,10-12H,2-3,6-9H2,1H3,(H,16,19). The summed E-state index contributed by atoms with van der Waals surface area (Å²) < 4.78 is 7.52. The zero-order valence-electron chi connectivity index (χ0n) is 13.6. The van der Waals surface area contributed by atoms with E-state index >= 15 is 0 Å². The SMILES string of the molecule is CNc1nccnc1C1CN(C(=O)CCCn2cncn2)CCO1. The van der Waals surface area contributed by atoms with Gasteiger partial charge in [0.15, 0.2) is 0 Å². The van der Waals surface area contributed by atoms with Crippen molar-refractivity contribution in [2.45, 2.75) is 25.5 Å². The average Bonchev–Trinajstić information content (AvgIpc) is 3.15. The molecule has 9 heteroatoms. The molecule has 1 aliphatic rings. The largest absolute Gasteiger partial charge is 0.372 e. The molecule has 24 heavy (non-hydrogen) atoms. The molecule has 0 aromatic carbocycles. The normalized spacial score (nSPS) is 17.7. The summed E-state index contributed by atoms with van der Waals surface area (Å²) in [7, 11) is 1.80. The van der Waals surface area contributed by atoms with Crippen LogP contribution in [0.25, 0.3) is 0 Å². The van der Waals surface area contributed by atoms with Gasteiger partial charge < -0.3 is 15.0 Å². The third-order valence-corrected chi connectivity index (χ3v) is 3.93. The fourth-order valence-electron chi connectivity index (χ4n) is 2.72. The van der Waals surface area contributed by atoms with E-state index in [0.29, 0.717) is 38.5 Å². The number of nitrogens with one attached hydrogen (secondary N) is 1. The van der Waals surface area contributed by atoms with Crippen molar-refractivity contribution >= 4 is 11.7 Å². The van der Waals surface area contributed by atoms with Gasteiger partial charge in [-0.15, -0.1) is 0 Å². The molecular formula is C15H21N7O2. The molecule has 9 nitrogen and oxygen atoms in total. The Hall–Kier alpha value is -2.55. The Kier molecular flexibility index (Phi) is 5.32. The van der Waals surface area contributed by atoms with Crippen LogP contribution in [0.2, 0.25) is 0 Å². The van der Waals surface area contributed by atoms with Crippen LogP contribution in [0.15, 0.2) is 25.0 Å². The van der Waals surface area contributed by atoms with E-state index < -0.39 is 0 Å². The lowest BCUT2D eigenvalue weighted by Crippen LogP contribution is -2.42. The first-order valence-corrected chi connectivity index (χ1v) is 7.98. The molecule has 3 heterocycles. The van der Waals surface area contributed by atoms with Crippen LogP contribution in [0.3, 0.4) is 0 Å². The quantitative estimate of drug-likeness (QED) is 0.822. The fraction of sp³-hybridized carbons (Fsp3) is 0.533. The highest BCUT2D eigenvalue weighted by Crippen LogP contribution is 2.25. The highest BCUT2D eigenvalue weighted by atomic mass is 16.5. The lowest BCUT2D eigenvalue weighted by Gasteiger charge is -2.33. The molecule has 2 aromatic heterocycles. The average molecular weight is 331 g/mol. The van der Waals surface area contributed by atoms with Gasteiger partial charge in [-0.3, -0.25) is 14.5 Å². The van der Waals surface area contributed by atoms with Crippen LogP contribution in [0, 0.1) is 0 Å². The zero-order valence-corrected chi connectivity index (χ0v) is 13.6. The summed E-state index contributed by atoms with van der Waals surface area (Å²) in [6, 6.07) is 0.